The molecule has 24 nitrogen and oxygen atoms in total. The molecule has 0 heterocycles. The van der Waals surface area contributed by atoms with Crippen LogP contribution >= 0.6 is 0 Å². The van der Waals surface area contributed by atoms with Crippen molar-refractivity contribution in [1.29, 1.82) is 0 Å². The summed E-state index contributed by atoms with van der Waals surface area (Å²) in [6, 6.07) is 0. The third kappa shape index (κ3) is 107. The topological polar surface area (TPSA) is 470 Å². The Morgan fingerprint density at radius 3 is 0.593 bits per heavy atom. The van der Waals surface area contributed by atoms with E-state index in [2.05, 4.69) is 27.7 Å². The van der Waals surface area contributed by atoms with Gasteiger partial charge in [0, 0.05) is 23.9 Å². The normalized spacial score (nSPS) is 13.3. The molecule has 0 saturated carbocycles. The van der Waals surface area contributed by atoms with E-state index in [1.54, 1.807) is 0 Å². The molecule has 4 N–H and O–H groups in total. The molecule has 36 heteroatoms. The van der Waals surface area contributed by atoms with E-state index in [1.807, 2.05) is 0 Å². The minimum absolute atomic E-state index is 0. The number of carboxylic acid groups (broad SMARTS) is 4. The Labute approximate surface area is 997 Å². The zero-order valence-corrected chi connectivity index (χ0v) is 98.1. The third-order valence-corrected chi connectivity index (χ3v) is 23.1. The van der Waals surface area contributed by atoms with E-state index in [-0.39, 0.29) is 469 Å². The van der Waals surface area contributed by atoms with Gasteiger partial charge in [-0.3, -0.25) is 0 Å². The largest absolute Gasteiger partial charge is 1.00 e. The molecule has 0 aliphatic rings. The van der Waals surface area contributed by atoms with Gasteiger partial charge in [-0.2, -0.15) is 0 Å². The SMILES string of the molecule is CCCCCCCC(O)CC(CCCCCCCC(=O)[O-])S(=O)(=O)[O-].CCCCCCCCC(C(O)CCCCCCCC(=O)[O-])S(=O)(=O)[O-].CCCCCCCCC(CC(O)CCCCCCC(=O)[O-])S(=O)(=O)[O-].CCCCCCCCC(O)C(CCCCCCCC(=O)[O-])S(=O)(=O)[O-].[K+].[K+].[K+].[K+].[K+].[K+].[K+].[K+]. The number of rotatable bonds is 68. The van der Waals surface area contributed by atoms with Crippen LogP contribution in [0.15, 0.2) is 0 Å². The van der Waals surface area contributed by atoms with E-state index >= 15 is 0 Å². The number of hydrogen-bond acceptors (Lipinski definition) is 24. The molecule has 0 bridgehead atoms. The van der Waals surface area contributed by atoms with Gasteiger partial charge in [-0.25, -0.2) is 33.7 Å². The first kappa shape index (κ1) is 144. The van der Waals surface area contributed by atoms with E-state index in [9.17, 15) is 112 Å². The van der Waals surface area contributed by atoms with E-state index in [0.29, 0.717) is 96.3 Å². The van der Waals surface area contributed by atoms with Gasteiger partial charge >= 0.3 is 411 Å². The van der Waals surface area contributed by atoms with E-state index in [0.717, 1.165) is 193 Å². The maximum absolute atomic E-state index is 11.4. The Balaban J connectivity index is -0.000000111. The van der Waals surface area contributed by atoms with Crippen LogP contribution in [0.5, 0.6) is 0 Å². The number of carboxylic acids is 4. The second kappa shape index (κ2) is 99.6. The maximum atomic E-state index is 11.4. The fourth-order valence-electron chi connectivity index (χ4n) is 11.9. The first-order valence-electron chi connectivity index (χ1n) is 38.4. The molecule has 0 fully saturated rings. The minimum Gasteiger partial charge on any atom is -0.748 e. The van der Waals surface area contributed by atoms with Crippen LogP contribution in [-0.4, -0.2) is 142 Å². The molecule has 0 rings (SSSR count). The maximum Gasteiger partial charge on any atom is 1.00 e. The zero-order chi connectivity index (χ0) is 76.5. The quantitative estimate of drug-likeness (QED) is 0.0250. The molecule has 0 aromatic heterocycles. The summed E-state index contributed by atoms with van der Waals surface area (Å²) in [5, 5.41) is 76.8. The second-order valence-corrected chi connectivity index (χ2v) is 33.9. The Morgan fingerprint density at radius 1 is 0.241 bits per heavy atom. The molecular weight excluding hydrogens is 1690 g/mol. The molecule has 8 unspecified atom stereocenters. The van der Waals surface area contributed by atoms with Gasteiger partial charge in [-0.1, -0.05) is 272 Å². The fourth-order valence-corrected chi connectivity index (χ4v) is 15.7. The smallest absolute Gasteiger partial charge is 0.748 e. The Hall–Kier alpha value is 10.5. The van der Waals surface area contributed by atoms with Crippen LogP contribution < -0.4 is 432 Å². The number of carbonyl (C=O) groups excluding carboxylic acids is 4. The second-order valence-electron chi connectivity index (χ2n) is 27.4. The predicted octanol–water partition coefficient (Wildman–Crippen LogP) is -14.0. The number of aliphatic carboxylic acids is 4. The van der Waals surface area contributed by atoms with Gasteiger partial charge in [-0.05, 0) is 116 Å². The van der Waals surface area contributed by atoms with Crippen molar-refractivity contribution in [2.24, 2.45) is 0 Å². The minimum atomic E-state index is -4.51. The van der Waals surface area contributed by atoms with Crippen LogP contribution in [0.25, 0.3) is 0 Å². The van der Waals surface area contributed by atoms with Crippen LogP contribution in [0.3, 0.4) is 0 Å². The van der Waals surface area contributed by atoms with Gasteiger partial charge in [0.25, 0.3) is 0 Å². The van der Waals surface area contributed by atoms with Gasteiger partial charge in [0.05, 0.1) is 65.7 Å². The summed E-state index contributed by atoms with van der Waals surface area (Å²) in [6.07, 6.45) is 35.8. The number of carbonyl (C=O) groups is 4. The van der Waals surface area contributed by atoms with Gasteiger partial charge in [0.2, 0.25) is 0 Å². The Bertz CT molecular complexity index is 2440. The van der Waals surface area contributed by atoms with Crippen molar-refractivity contribution in [3.05, 3.63) is 0 Å². The van der Waals surface area contributed by atoms with E-state index in [4.69, 9.17) is 0 Å². The summed E-state index contributed by atoms with van der Waals surface area (Å²) in [7, 11) is -17.8. The van der Waals surface area contributed by atoms with E-state index in [1.165, 1.54) is 12.8 Å². The molecule has 0 spiro atoms. The molecule has 0 saturated heterocycles. The predicted molar refractivity (Wildman–Crippen MR) is 379 cm³/mol. The summed E-state index contributed by atoms with van der Waals surface area (Å²) in [5.41, 5.74) is 0. The van der Waals surface area contributed by atoms with Crippen molar-refractivity contribution in [3.63, 3.8) is 0 Å². The molecule has 0 amide bonds. The van der Waals surface area contributed by atoms with Crippen molar-refractivity contribution < 1.29 is 523 Å². The molecule has 0 radical (unpaired) electrons. The summed E-state index contributed by atoms with van der Waals surface area (Å²) in [4.78, 5) is 41.1. The molecule has 0 aromatic rings. The van der Waals surface area contributed by atoms with Gasteiger partial charge < -0.3 is 78.2 Å². The van der Waals surface area contributed by atoms with Crippen molar-refractivity contribution in [1.82, 2.24) is 0 Å². The Kier molecular flexibility index (Phi) is 133. The average molecular weight is 1830 g/mol. The summed E-state index contributed by atoms with van der Waals surface area (Å²) >= 11 is 0. The zero-order valence-electron chi connectivity index (χ0n) is 69.8. The summed E-state index contributed by atoms with van der Waals surface area (Å²) in [5.74, 6) is -4.22. The Morgan fingerprint density at radius 2 is 0.407 bits per heavy atom. The van der Waals surface area contributed by atoms with Gasteiger partial charge in [-0.15, -0.1) is 0 Å². The molecule has 0 aromatic carbocycles. The van der Waals surface area contributed by atoms with Crippen LogP contribution in [0.1, 0.15) is 387 Å². The van der Waals surface area contributed by atoms with Crippen LogP contribution in [0, 0.1) is 0 Å². The van der Waals surface area contributed by atoms with E-state index < -0.39 is 110 Å². The molecule has 0 aliphatic carbocycles. The number of hydrogen-bond donors (Lipinski definition) is 4. The fraction of sp³-hybridized carbons (Fsp3) is 0.944. The molecule has 0 aliphatic heterocycles. The molecule has 8 atom stereocenters. The van der Waals surface area contributed by atoms with Crippen molar-refractivity contribution >= 4 is 64.3 Å². The standard InChI is InChI=1S/4C18H36O6S.8K/c1-2-3-4-6-9-12-16(19)15-17(25(22,23)24)13-10-7-5-8-11-14-18(20)21;1-2-3-4-5-8-11-14-17(25(22,23)24)16(19)13-10-7-6-9-12-15-18(20)21;1-2-3-4-5-7-10-13-16(19)17(25(22,23)24)14-11-8-6-9-12-15-18(20)21;1-2-3-4-5-6-10-13-17(25(22,23)24)15-16(19)12-9-7-8-11-14-18(20)21;;;;;;;;/h4*16-17,19H,2-15H2,1H3,(H,20,21)(H,22,23,24);;;;;;;;/q;;;;8*+1/p-8. The van der Waals surface area contributed by atoms with Crippen molar-refractivity contribution in [2.45, 2.75) is 433 Å². The summed E-state index contributed by atoms with van der Waals surface area (Å²) < 4.78 is 137. The van der Waals surface area contributed by atoms with Crippen LogP contribution in [0.2, 0.25) is 0 Å². The molecular formula is C72H136K8O24S4. The number of aliphatic hydroxyl groups excluding tert-OH is 4. The first-order valence-corrected chi connectivity index (χ1v) is 44.3. The van der Waals surface area contributed by atoms with Crippen molar-refractivity contribution in [2.75, 3.05) is 0 Å². The van der Waals surface area contributed by atoms with Gasteiger partial charge in [0.1, 0.15) is 20.2 Å². The third-order valence-electron chi connectivity index (χ3n) is 18.0. The summed E-state index contributed by atoms with van der Waals surface area (Å²) in [6.45, 7) is 8.52. The first-order chi connectivity index (χ1) is 47.1. The van der Waals surface area contributed by atoms with Crippen LogP contribution in [-0.2, 0) is 59.7 Å². The molecule has 600 valence electrons. The van der Waals surface area contributed by atoms with Crippen molar-refractivity contribution in [3.8, 4) is 0 Å². The average Bonchev–Trinajstić information content (AvgIpc) is 0.912. The van der Waals surface area contributed by atoms with Crippen LogP contribution in [0.4, 0.5) is 0 Å². The van der Waals surface area contributed by atoms with Gasteiger partial charge in [0.15, 0.2) is 0 Å². The number of aliphatic hydroxyl groups is 4. The molecule has 108 heavy (non-hydrogen) atoms. The number of unbranched alkanes of at least 4 members (excludes halogenated alkanes) is 34. The monoisotopic (exact) mass is 1820 g/mol.